The SMILES string of the molecule is CCNC(=O)CCCCCCCCCCCCCCCCC(C)CC. The van der Waals surface area contributed by atoms with Gasteiger partial charge in [-0.25, -0.2) is 0 Å². The molecule has 1 amide bonds. The van der Waals surface area contributed by atoms with Crippen LogP contribution in [0.1, 0.15) is 130 Å². The zero-order valence-corrected chi connectivity index (χ0v) is 17.7. The maximum Gasteiger partial charge on any atom is 0.219 e. The van der Waals surface area contributed by atoms with Gasteiger partial charge in [-0.2, -0.15) is 0 Å². The summed E-state index contributed by atoms with van der Waals surface area (Å²) in [6, 6.07) is 0. The van der Waals surface area contributed by atoms with Crippen LogP contribution in [0, 0.1) is 5.92 Å². The molecule has 0 heterocycles. The summed E-state index contributed by atoms with van der Waals surface area (Å²) in [6.07, 6.45) is 22.8. The summed E-state index contributed by atoms with van der Waals surface area (Å²) in [7, 11) is 0. The van der Waals surface area contributed by atoms with E-state index in [1.807, 2.05) is 6.92 Å². The Morgan fingerprint density at radius 1 is 0.680 bits per heavy atom. The molecular weight excluding hydrogens is 306 g/mol. The van der Waals surface area contributed by atoms with E-state index >= 15 is 0 Å². The van der Waals surface area contributed by atoms with Crippen LogP contribution in [-0.4, -0.2) is 12.5 Å². The van der Waals surface area contributed by atoms with Gasteiger partial charge in [-0.1, -0.05) is 110 Å². The van der Waals surface area contributed by atoms with Crippen molar-refractivity contribution in [1.82, 2.24) is 5.32 Å². The highest BCUT2D eigenvalue weighted by Gasteiger charge is 1.99. The number of unbranched alkanes of at least 4 members (excludes halogenated alkanes) is 13. The fourth-order valence-corrected chi connectivity index (χ4v) is 3.39. The summed E-state index contributed by atoms with van der Waals surface area (Å²) < 4.78 is 0. The lowest BCUT2D eigenvalue weighted by atomic mass is 9.99. The van der Waals surface area contributed by atoms with Gasteiger partial charge in [-0.05, 0) is 19.3 Å². The van der Waals surface area contributed by atoms with Gasteiger partial charge < -0.3 is 5.32 Å². The topological polar surface area (TPSA) is 29.1 Å². The van der Waals surface area contributed by atoms with Gasteiger partial charge in [0.15, 0.2) is 0 Å². The second-order valence-corrected chi connectivity index (χ2v) is 7.96. The third kappa shape index (κ3) is 19.6. The van der Waals surface area contributed by atoms with E-state index in [0.717, 1.165) is 18.9 Å². The number of hydrogen-bond acceptors (Lipinski definition) is 1. The van der Waals surface area contributed by atoms with Crippen molar-refractivity contribution in [1.29, 1.82) is 0 Å². The molecule has 1 N–H and O–H groups in total. The predicted octanol–water partition coefficient (Wildman–Crippen LogP) is 7.41. The van der Waals surface area contributed by atoms with Crippen LogP contribution in [0.4, 0.5) is 0 Å². The largest absolute Gasteiger partial charge is 0.356 e. The molecule has 25 heavy (non-hydrogen) atoms. The van der Waals surface area contributed by atoms with Crippen molar-refractivity contribution in [3.63, 3.8) is 0 Å². The Balaban J connectivity index is 3.06. The molecule has 0 saturated carbocycles. The highest BCUT2D eigenvalue weighted by molar-refractivity contribution is 5.75. The van der Waals surface area contributed by atoms with Crippen LogP contribution in [0.3, 0.4) is 0 Å². The van der Waals surface area contributed by atoms with Gasteiger partial charge in [-0.3, -0.25) is 4.79 Å². The lowest BCUT2D eigenvalue weighted by Crippen LogP contribution is -2.21. The number of hydrogen-bond donors (Lipinski definition) is 1. The van der Waals surface area contributed by atoms with Crippen LogP contribution in [0.25, 0.3) is 0 Å². The molecular formula is C23H47NO. The maximum absolute atomic E-state index is 11.3. The van der Waals surface area contributed by atoms with Crippen molar-refractivity contribution in [3.8, 4) is 0 Å². The van der Waals surface area contributed by atoms with Crippen molar-refractivity contribution >= 4 is 5.91 Å². The Kier molecular flexibility index (Phi) is 19.4. The van der Waals surface area contributed by atoms with Crippen LogP contribution >= 0.6 is 0 Å². The third-order valence-corrected chi connectivity index (χ3v) is 5.42. The van der Waals surface area contributed by atoms with Gasteiger partial charge in [0.25, 0.3) is 0 Å². The third-order valence-electron chi connectivity index (χ3n) is 5.42. The van der Waals surface area contributed by atoms with Gasteiger partial charge in [0.1, 0.15) is 0 Å². The van der Waals surface area contributed by atoms with Gasteiger partial charge in [-0.15, -0.1) is 0 Å². The number of amides is 1. The molecule has 0 aromatic carbocycles. The number of carbonyl (C=O) groups is 1. The predicted molar refractivity (Wildman–Crippen MR) is 112 cm³/mol. The van der Waals surface area contributed by atoms with Crippen molar-refractivity contribution < 1.29 is 4.79 Å². The standard InChI is InChI=1S/C23H47NO/c1-4-22(3)20-18-16-14-12-10-8-6-7-9-11-13-15-17-19-21-23(25)24-5-2/h22H,4-21H2,1-3H3,(H,24,25). The number of carbonyl (C=O) groups excluding carboxylic acids is 1. The van der Waals surface area contributed by atoms with Crippen LogP contribution in [-0.2, 0) is 4.79 Å². The minimum Gasteiger partial charge on any atom is -0.356 e. The van der Waals surface area contributed by atoms with Crippen LogP contribution in [0.2, 0.25) is 0 Å². The molecule has 0 bridgehead atoms. The summed E-state index contributed by atoms with van der Waals surface area (Å²) in [5.41, 5.74) is 0. The first-order valence-corrected chi connectivity index (χ1v) is 11.5. The second-order valence-electron chi connectivity index (χ2n) is 7.96. The molecule has 2 nitrogen and oxygen atoms in total. The Hall–Kier alpha value is -0.530. The Morgan fingerprint density at radius 2 is 1.08 bits per heavy atom. The van der Waals surface area contributed by atoms with E-state index < -0.39 is 0 Å². The fourth-order valence-electron chi connectivity index (χ4n) is 3.39. The van der Waals surface area contributed by atoms with E-state index in [2.05, 4.69) is 19.2 Å². The molecule has 1 atom stereocenters. The Labute approximate surface area is 158 Å². The minimum atomic E-state index is 0.220. The van der Waals surface area contributed by atoms with Crippen LogP contribution < -0.4 is 5.32 Å². The smallest absolute Gasteiger partial charge is 0.219 e. The van der Waals surface area contributed by atoms with E-state index in [4.69, 9.17) is 0 Å². The monoisotopic (exact) mass is 353 g/mol. The second kappa shape index (κ2) is 19.8. The molecule has 0 radical (unpaired) electrons. The Bertz CT molecular complexity index is 277. The van der Waals surface area contributed by atoms with E-state index in [1.165, 1.54) is 96.3 Å². The van der Waals surface area contributed by atoms with Crippen molar-refractivity contribution in [2.45, 2.75) is 130 Å². The first-order chi connectivity index (χ1) is 12.2. The molecule has 0 aromatic rings. The lowest BCUT2D eigenvalue weighted by Gasteiger charge is -2.07. The molecule has 0 aromatic heterocycles. The first kappa shape index (κ1) is 24.5. The molecule has 0 spiro atoms. The molecule has 150 valence electrons. The zero-order chi connectivity index (χ0) is 18.6. The molecule has 0 fully saturated rings. The van der Waals surface area contributed by atoms with E-state index in [0.29, 0.717) is 6.42 Å². The molecule has 0 saturated heterocycles. The maximum atomic E-state index is 11.3. The van der Waals surface area contributed by atoms with Gasteiger partial charge in [0.2, 0.25) is 5.91 Å². The Morgan fingerprint density at radius 3 is 1.48 bits per heavy atom. The van der Waals surface area contributed by atoms with E-state index in [1.54, 1.807) is 0 Å². The normalized spacial score (nSPS) is 12.3. The quantitative estimate of drug-likeness (QED) is 0.241. The van der Waals surface area contributed by atoms with Gasteiger partial charge in [0, 0.05) is 13.0 Å². The molecule has 2 heteroatoms. The summed E-state index contributed by atoms with van der Waals surface area (Å²) in [6.45, 7) is 7.43. The highest BCUT2D eigenvalue weighted by atomic mass is 16.1. The van der Waals surface area contributed by atoms with Crippen molar-refractivity contribution in [2.75, 3.05) is 6.54 Å². The van der Waals surface area contributed by atoms with Gasteiger partial charge >= 0.3 is 0 Å². The highest BCUT2D eigenvalue weighted by Crippen LogP contribution is 2.16. The zero-order valence-electron chi connectivity index (χ0n) is 17.7. The molecule has 0 aliphatic carbocycles. The lowest BCUT2D eigenvalue weighted by molar-refractivity contribution is -0.121. The van der Waals surface area contributed by atoms with E-state index in [9.17, 15) is 4.79 Å². The fraction of sp³-hybridized carbons (Fsp3) is 0.957. The number of nitrogens with one attached hydrogen (secondary N) is 1. The van der Waals surface area contributed by atoms with Crippen LogP contribution in [0.15, 0.2) is 0 Å². The summed E-state index contributed by atoms with van der Waals surface area (Å²) >= 11 is 0. The summed E-state index contributed by atoms with van der Waals surface area (Å²) in [4.78, 5) is 11.3. The minimum absolute atomic E-state index is 0.220. The van der Waals surface area contributed by atoms with Crippen molar-refractivity contribution in [3.05, 3.63) is 0 Å². The van der Waals surface area contributed by atoms with Gasteiger partial charge in [0.05, 0.1) is 0 Å². The molecule has 0 rings (SSSR count). The average Bonchev–Trinajstić information content (AvgIpc) is 2.61. The number of rotatable bonds is 19. The summed E-state index contributed by atoms with van der Waals surface area (Å²) in [5, 5.41) is 2.86. The van der Waals surface area contributed by atoms with E-state index in [-0.39, 0.29) is 5.91 Å². The van der Waals surface area contributed by atoms with Crippen molar-refractivity contribution in [2.24, 2.45) is 5.92 Å². The molecule has 1 unspecified atom stereocenters. The molecule has 0 aliphatic rings. The molecule has 0 aliphatic heterocycles. The first-order valence-electron chi connectivity index (χ1n) is 11.5. The summed E-state index contributed by atoms with van der Waals surface area (Å²) in [5.74, 6) is 1.15. The van der Waals surface area contributed by atoms with Crippen LogP contribution in [0.5, 0.6) is 0 Å². The average molecular weight is 354 g/mol.